The molecule has 4 rings (SSSR count). The Labute approximate surface area is 168 Å². The fourth-order valence-corrected chi connectivity index (χ4v) is 3.17. The number of aryl methyl sites for hydroxylation is 1. The number of nitrogens with one attached hydrogen (secondary N) is 1. The summed E-state index contributed by atoms with van der Waals surface area (Å²) in [5, 5.41) is 7.96. The molecule has 28 heavy (non-hydrogen) atoms. The van der Waals surface area contributed by atoms with Crippen molar-refractivity contribution in [3.8, 4) is 11.1 Å². The molecule has 0 radical (unpaired) electrons. The first-order chi connectivity index (χ1) is 13.4. The molecule has 0 atom stereocenters. The van der Waals surface area contributed by atoms with Crippen LogP contribution >= 0.6 is 11.6 Å². The van der Waals surface area contributed by atoms with E-state index in [1.807, 2.05) is 44.3 Å². The number of Topliss-reactive ketones (excluding diaryl/α,β-unsaturated/α-hetero) is 1. The highest BCUT2D eigenvalue weighted by Crippen LogP contribution is 2.37. The molecule has 3 heterocycles. The van der Waals surface area contributed by atoms with E-state index in [0.717, 1.165) is 45.2 Å². The van der Waals surface area contributed by atoms with Crippen LogP contribution in [0.2, 0.25) is 5.02 Å². The van der Waals surface area contributed by atoms with Gasteiger partial charge in [-0.1, -0.05) is 28.9 Å². The van der Waals surface area contributed by atoms with E-state index in [4.69, 9.17) is 21.1 Å². The SMILES string of the molecule is CC(C)=O.CNc1nccc2c1C(c1ccc(Cl)cc1)=NCc1onc(C)c1-2. The van der Waals surface area contributed by atoms with Crippen LogP contribution < -0.4 is 5.32 Å². The monoisotopic (exact) mass is 396 g/mol. The third-order valence-corrected chi connectivity index (χ3v) is 4.38. The Bertz CT molecular complexity index is 1040. The largest absolute Gasteiger partial charge is 0.373 e. The second-order valence-corrected chi connectivity index (χ2v) is 6.91. The van der Waals surface area contributed by atoms with E-state index in [1.54, 1.807) is 6.20 Å². The Morgan fingerprint density at radius 2 is 1.82 bits per heavy atom. The van der Waals surface area contributed by atoms with Gasteiger partial charge in [-0.05, 0) is 39.0 Å². The number of aliphatic imine (C=N–C) groups is 1. The molecular weight excluding hydrogens is 376 g/mol. The van der Waals surface area contributed by atoms with Gasteiger partial charge in [0.1, 0.15) is 18.1 Å². The second-order valence-electron chi connectivity index (χ2n) is 6.48. The van der Waals surface area contributed by atoms with Crippen molar-refractivity contribution in [1.29, 1.82) is 0 Å². The Morgan fingerprint density at radius 1 is 1.14 bits per heavy atom. The number of anilines is 1. The molecule has 0 aliphatic carbocycles. The average Bonchev–Trinajstić information content (AvgIpc) is 2.93. The number of halogens is 1. The van der Waals surface area contributed by atoms with Gasteiger partial charge in [-0.2, -0.15) is 0 Å². The lowest BCUT2D eigenvalue weighted by Crippen LogP contribution is -2.10. The maximum absolute atomic E-state index is 9.44. The fourth-order valence-electron chi connectivity index (χ4n) is 3.04. The lowest BCUT2D eigenvalue weighted by molar-refractivity contribution is -0.114. The second kappa shape index (κ2) is 8.35. The van der Waals surface area contributed by atoms with Gasteiger partial charge < -0.3 is 14.6 Å². The smallest absolute Gasteiger partial charge is 0.166 e. The van der Waals surface area contributed by atoms with E-state index in [2.05, 4.69) is 15.5 Å². The minimum atomic E-state index is 0.167. The van der Waals surface area contributed by atoms with Crippen LogP contribution in [0.5, 0.6) is 0 Å². The van der Waals surface area contributed by atoms with Gasteiger partial charge in [-0.25, -0.2) is 4.98 Å². The van der Waals surface area contributed by atoms with Gasteiger partial charge in [0.25, 0.3) is 0 Å². The third-order valence-electron chi connectivity index (χ3n) is 4.13. The van der Waals surface area contributed by atoms with E-state index in [0.29, 0.717) is 11.6 Å². The van der Waals surface area contributed by atoms with Crippen molar-refractivity contribution >= 4 is 28.9 Å². The van der Waals surface area contributed by atoms with Gasteiger partial charge in [0.05, 0.1) is 22.5 Å². The van der Waals surface area contributed by atoms with E-state index in [-0.39, 0.29) is 5.78 Å². The molecule has 0 unspecified atom stereocenters. The van der Waals surface area contributed by atoms with Crippen LogP contribution in [0.3, 0.4) is 0 Å². The molecule has 0 bridgehead atoms. The molecule has 0 saturated carbocycles. The highest BCUT2D eigenvalue weighted by atomic mass is 35.5. The van der Waals surface area contributed by atoms with Gasteiger partial charge >= 0.3 is 0 Å². The van der Waals surface area contributed by atoms with Crippen LogP contribution in [0.1, 0.15) is 36.4 Å². The van der Waals surface area contributed by atoms with Crippen LogP contribution in [-0.4, -0.2) is 28.7 Å². The van der Waals surface area contributed by atoms with Crippen LogP contribution in [0, 0.1) is 6.92 Å². The summed E-state index contributed by atoms with van der Waals surface area (Å²) >= 11 is 6.03. The van der Waals surface area contributed by atoms with Gasteiger partial charge in [0, 0.05) is 29.4 Å². The number of benzene rings is 1. The topological polar surface area (TPSA) is 80.4 Å². The Kier molecular flexibility index (Phi) is 5.90. The van der Waals surface area contributed by atoms with E-state index in [9.17, 15) is 4.79 Å². The quantitative estimate of drug-likeness (QED) is 0.679. The molecule has 0 spiro atoms. The highest BCUT2D eigenvalue weighted by Gasteiger charge is 2.26. The summed E-state index contributed by atoms with van der Waals surface area (Å²) in [6.07, 6.45) is 1.78. The minimum absolute atomic E-state index is 0.167. The Morgan fingerprint density at radius 3 is 2.46 bits per heavy atom. The molecular formula is C21H21ClN4O2. The third kappa shape index (κ3) is 3.97. The number of nitrogens with zero attached hydrogens (tertiary/aromatic N) is 3. The summed E-state index contributed by atoms with van der Waals surface area (Å²) in [5.74, 6) is 1.71. The van der Waals surface area contributed by atoms with Crippen LogP contribution in [0.25, 0.3) is 11.1 Å². The van der Waals surface area contributed by atoms with Crippen molar-refractivity contribution in [2.45, 2.75) is 27.3 Å². The van der Waals surface area contributed by atoms with Crippen molar-refractivity contribution in [1.82, 2.24) is 10.1 Å². The Hall–Kier alpha value is -2.99. The number of rotatable bonds is 2. The van der Waals surface area contributed by atoms with Crippen molar-refractivity contribution in [3.63, 3.8) is 0 Å². The zero-order valence-electron chi connectivity index (χ0n) is 16.2. The summed E-state index contributed by atoms with van der Waals surface area (Å²) in [6.45, 7) is 5.44. The lowest BCUT2D eigenvalue weighted by atomic mass is 9.94. The summed E-state index contributed by atoms with van der Waals surface area (Å²) in [5.41, 5.74) is 5.68. The van der Waals surface area contributed by atoms with Crippen molar-refractivity contribution in [3.05, 3.63) is 64.1 Å². The fraction of sp³-hybridized carbons (Fsp3) is 0.238. The van der Waals surface area contributed by atoms with Crippen molar-refractivity contribution in [2.24, 2.45) is 4.99 Å². The molecule has 0 saturated heterocycles. The molecule has 6 nitrogen and oxygen atoms in total. The molecule has 144 valence electrons. The molecule has 1 aromatic carbocycles. The molecule has 0 fully saturated rings. The first-order valence-electron chi connectivity index (χ1n) is 8.82. The lowest BCUT2D eigenvalue weighted by Gasteiger charge is -2.14. The normalized spacial score (nSPS) is 12.0. The number of hydrogen-bond donors (Lipinski definition) is 1. The van der Waals surface area contributed by atoms with E-state index in [1.165, 1.54) is 13.8 Å². The number of ketones is 1. The maximum atomic E-state index is 9.44. The molecule has 1 N–H and O–H groups in total. The maximum Gasteiger partial charge on any atom is 0.166 e. The van der Waals surface area contributed by atoms with E-state index >= 15 is 0 Å². The average molecular weight is 397 g/mol. The molecule has 1 aliphatic heterocycles. The number of carbonyl (C=O) groups is 1. The van der Waals surface area contributed by atoms with Crippen LogP contribution in [0.15, 0.2) is 46.0 Å². The molecule has 7 heteroatoms. The molecule has 2 aromatic heterocycles. The summed E-state index contributed by atoms with van der Waals surface area (Å²) in [4.78, 5) is 18.7. The standard InChI is InChI=1S/C18H15ClN4O.C3H6O/c1-10-15-13-7-8-21-18(20-2)16(13)17(22-9-14(15)24-23-10)11-3-5-12(19)6-4-11;1-3(2)4/h3-8H,9H2,1-2H3,(H,20,21);1-2H3. The zero-order chi connectivity index (χ0) is 20.3. The predicted octanol–water partition coefficient (Wildman–Crippen LogP) is 4.69. The number of aromatic nitrogens is 2. The van der Waals surface area contributed by atoms with Gasteiger partial charge in [-0.3, -0.25) is 4.99 Å². The summed E-state index contributed by atoms with van der Waals surface area (Å²) in [6, 6.07) is 9.65. The van der Waals surface area contributed by atoms with Crippen LogP contribution in [0.4, 0.5) is 5.82 Å². The molecule has 0 amide bonds. The molecule has 3 aromatic rings. The first kappa shape index (κ1) is 19.8. The Balaban J connectivity index is 0.000000516. The van der Waals surface area contributed by atoms with Crippen molar-refractivity contribution in [2.75, 3.05) is 12.4 Å². The summed E-state index contributed by atoms with van der Waals surface area (Å²) < 4.78 is 5.48. The van der Waals surface area contributed by atoms with Gasteiger partial charge in [-0.15, -0.1) is 0 Å². The zero-order valence-corrected chi connectivity index (χ0v) is 17.0. The first-order valence-corrected chi connectivity index (χ1v) is 9.20. The number of carbonyl (C=O) groups excluding carboxylic acids is 1. The number of pyridine rings is 1. The van der Waals surface area contributed by atoms with E-state index < -0.39 is 0 Å². The van der Waals surface area contributed by atoms with Crippen LogP contribution in [-0.2, 0) is 11.3 Å². The number of fused-ring (bicyclic) bond motifs is 3. The van der Waals surface area contributed by atoms with Gasteiger partial charge in [0.15, 0.2) is 5.76 Å². The highest BCUT2D eigenvalue weighted by molar-refractivity contribution is 6.30. The molecule has 1 aliphatic rings. The number of hydrogen-bond acceptors (Lipinski definition) is 6. The minimum Gasteiger partial charge on any atom is -0.373 e. The van der Waals surface area contributed by atoms with Crippen molar-refractivity contribution < 1.29 is 9.32 Å². The predicted molar refractivity (Wildman–Crippen MR) is 111 cm³/mol. The summed E-state index contributed by atoms with van der Waals surface area (Å²) in [7, 11) is 1.86. The van der Waals surface area contributed by atoms with Gasteiger partial charge in [0.2, 0.25) is 0 Å².